The molecule has 4 rings (SSSR count). The topological polar surface area (TPSA) is 46.9 Å². The molecule has 3 aromatic rings. The number of halogens is 1. The highest BCUT2D eigenvalue weighted by atomic mass is 19.1. The van der Waals surface area contributed by atoms with Crippen molar-refractivity contribution in [1.82, 2.24) is 9.78 Å². The van der Waals surface area contributed by atoms with Crippen molar-refractivity contribution >= 4 is 11.7 Å². The van der Waals surface area contributed by atoms with E-state index < -0.39 is 0 Å². The third-order valence-corrected chi connectivity index (χ3v) is 4.27. The van der Waals surface area contributed by atoms with Gasteiger partial charge in [-0.3, -0.25) is 4.79 Å². The number of carbonyl (C=O) groups is 1. The third-order valence-electron chi connectivity index (χ3n) is 4.27. The van der Waals surface area contributed by atoms with Crippen LogP contribution < -0.4 is 5.32 Å². The summed E-state index contributed by atoms with van der Waals surface area (Å²) in [7, 11) is 0. The quantitative estimate of drug-likeness (QED) is 0.764. The predicted octanol–water partition coefficient (Wildman–Crippen LogP) is 4.07. The van der Waals surface area contributed by atoms with Gasteiger partial charge in [0.15, 0.2) is 0 Å². The summed E-state index contributed by atoms with van der Waals surface area (Å²) in [6.45, 7) is 0. The Bertz CT molecular complexity index is 883. The summed E-state index contributed by atoms with van der Waals surface area (Å²) >= 11 is 0. The maximum atomic E-state index is 13.0. The molecule has 25 heavy (non-hydrogen) atoms. The van der Waals surface area contributed by atoms with Crippen LogP contribution in [0.4, 0.5) is 10.2 Å². The highest BCUT2D eigenvalue weighted by Gasteiger charge is 2.28. The zero-order valence-electron chi connectivity index (χ0n) is 13.7. The first-order valence-electron chi connectivity index (χ1n) is 8.39. The van der Waals surface area contributed by atoms with E-state index in [4.69, 9.17) is 0 Å². The molecule has 1 aliphatic carbocycles. The zero-order valence-corrected chi connectivity index (χ0v) is 13.7. The van der Waals surface area contributed by atoms with E-state index in [1.807, 2.05) is 36.4 Å². The lowest BCUT2D eigenvalue weighted by Crippen LogP contribution is -2.17. The van der Waals surface area contributed by atoms with E-state index in [0.717, 1.165) is 29.8 Å². The molecule has 1 fully saturated rings. The number of hydrogen-bond acceptors (Lipinski definition) is 2. The van der Waals surface area contributed by atoms with Gasteiger partial charge in [0.1, 0.15) is 11.6 Å². The zero-order chi connectivity index (χ0) is 17.2. The molecule has 1 aliphatic rings. The SMILES string of the molecule is O=C(Cc1ccc(F)cc1)Nc1cc(C2CC2)nn1-c1ccccc1. The van der Waals surface area contributed by atoms with Crippen molar-refractivity contribution < 1.29 is 9.18 Å². The van der Waals surface area contributed by atoms with E-state index in [2.05, 4.69) is 10.4 Å². The van der Waals surface area contributed by atoms with Gasteiger partial charge in [0, 0.05) is 12.0 Å². The number of aromatic nitrogens is 2. The summed E-state index contributed by atoms with van der Waals surface area (Å²) in [4.78, 5) is 12.4. The molecule has 5 heteroatoms. The Kier molecular flexibility index (Phi) is 4.06. The lowest BCUT2D eigenvalue weighted by molar-refractivity contribution is -0.115. The minimum atomic E-state index is -0.305. The first kappa shape index (κ1) is 15.6. The monoisotopic (exact) mass is 335 g/mol. The van der Waals surface area contributed by atoms with Gasteiger partial charge in [-0.05, 0) is 42.7 Å². The maximum Gasteiger partial charge on any atom is 0.229 e. The molecule has 1 heterocycles. The van der Waals surface area contributed by atoms with E-state index in [1.165, 1.54) is 12.1 Å². The molecular weight excluding hydrogens is 317 g/mol. The van der Waals surface area contributed by atoms with Gasteiger partial charge in [-0.1, -0.05) is 30.3 Å². The van der Waals surface area contributed by atoms with Crippen LogP contribution in [0.25, 0.3) is 5.69 Å². The second-order valence-corrected chi connectivity index (χ2v) is 6.33. The molecular formula is C20H18FN3O. The Balaban J connectivity index is 1.56. The number of carbonyl (C=O) groups excluding carboxylic acids is 1. The third kappa shape index (κ3) is 3.60. The minimum Gasteiger partial charge on any atom is -0.310 e. The molecule has 1 saturated carbocycles. The molecule has 0 saturated heterocycles. The Morgan fingerprint density at radius 1 is 1.12 bits per heavy atom. The van der Waals surface area contributed by atoms with Crippen molar-refractivity contribution in [1.29, 1.82) is 0 Å². The van der Waals surface area contributed by atoms with Crippen LogP contribution in [0.1, 0.15) is 30.0 Å². The van der Waals surface area contributed by atoms with Gasteiger partial charge in [-0.25, -0.2) is 9.07 Å². The van der Waals surface area contributed by atoms with E-state index in [9.17, 15) is 9.18 Å². The lowest BCUT2D eigenvalue weighted by atomic mass is 10.1. The van der Waals surface area contributed by atoms with Gasteiger partial charge in [0.2, 0.25) is 5.91 Å². The van der Waals surface area contributed by atoms with E-state index in [1.54, 1.807) is 16.8 Å². The van der Waals surface area contributed by atoms with Crippen LogP contribution >= 0.6 is 0 Å². The van der Waals surface area contributed by atoms with E-state index in [-0.39, 0.29) is 18.1 Å². The molecule has 4 nitrogen and oxygen atoms in total. The van der Waals surface area contributed by atoms with Gasteiger partial charge in [-0.2, -0.15) is 5.10 Å². The summed E-state index contributed by atoms with van der Waals surface area (Å²) in [5.74, 6) is 0.712. The Morgan fingerprint density at radius 2 is 1.84 bits per heavy atom. The molecule has 0 radical (unpaired) electrons. The lowest BCUT2D eigenvalue weighted by Gasteiger charge is -2.09. The van der Waals surface area contributed by atoms with Gasteiger partial charge < -0.3 is 5.32 Å². The number of amides is 1. The number of nitrogens with zero attached hydrogens (tertiary/aromatic N) is 2. The van der Waals surface area contributed by atoms with Gasteiger partial charge in [0.05, 0.1) is 17.8 Å². The highest BCUT2D eigenvalue weighted by molar-refractivity contribution is 5.91. The number of rotatable bonds is 5. The van der Waals surface area contributed by atoms with Crippen LogP contribution in [0.5, 0.6) is 0 Å². The van der Waals surface area contributed by atoms with Crippen molar-refractivity contribution in [3.63, 3.8) is 0 Å². The minimum absolute atomic E-state index is 0.147. The Hall–Kier alpha value is -2.95. The van der Waals surface area contributed by atoms with Crippen LogP contribution in [-0.2, 0) is 11.2 Å². The highest BCUT2D eigenvalue weighted by Crippen LogP contribution is 2.40. The summed E-state index contributed by atoms with van der Waals surface area (Å²) in [5, 5.41) is 7.61. The maximum absolute atomic E-state index is 13.0. The summed E-state index contributed by atoms with van der Waals surface area (Å²) < 4.78 is 14.8. The van der Waals surface area contributed by atoms with Crippen LogP contribution in [0, 0.1) is 5.82 Å². The second kappa shape index (κ2) is 6.51. The van der Waals surface area contributed by atoms with Crippen LogP contribution in [0.15, 0.2) is 60.7 Å². The second-order valence-electron chi connectivity index (χ2n) is 6.33. The molecule has 2 aromatic carbocycles. The first-order valence-corrected chi connectivity index (χ1v) is 8.39. The van der Waals surface area contributed by atoms with Crippen molar-refractivity contribution in [3.8, 4) is 5.69 Å². The summed E-state index contributed by atoms with van der Waals surface area (Å²) in [6, 6.07) is 17.7. The predicted molar refractivity (Wildman–Crippen MR) is 94.3 cm³/mol. The van der Waals surface area contributed by atoms with Crippen LogP contribution in [0.2, 0.25) is 0 Å². The number of benzene rings is 2. The molecule has 1 aromatic heterocycles. The fourth-order valence-corrected chi connectivity index (χ4v) is 2.81. The molecule has 0 aliphatic heterocycles. The molecule has 1 amide bonds. The van der Waals surface area contributed by atoms with Crippen molar-refractivity contribution in [3.05, 3.63) is 77.7 Å². The average molecular weight is 335 g/mol. The van der Waals surface area contributed by atoms with Gasteiger partial charge >= 0.3 is 0 Å². The summed E-state index contributed by atoms with van der Waals surface area (Å²) in [5.41, 5.74) is 2.69. The smallest absolute Gasteiger partial charge is 0.229 e. The molecule has 1 N–H and O–H groups in total. The van der Waals surface area contributed by atoms with Crippen molar-refractivity contribution in [2.24, 2.45) is 0 Å². The fraction of sp³-hybridized carbons (Fsp3) is 0.200. The molecule has 126 valence electrons. The first-order chi connectivity index (χ1) is 12.2. The van der Waals surface area contributed by atoms with Gasteiger partial charge in [-0.15, -0.1) is 0 Å². The number of anilines is 1. The Morgan fingerprint density at radius 3 is 2.52 bits per heavy atom. The Labute approximate surface area is 145 Å². The average Bonchev–Trinajstić information content (AvgIpc) is 3.39. The number of hydrogen-bond donors (Lipinski definition) is 1. The molecule has 0 spiro atoms. The number of nitrogens with one attached hydrogen (secondary N) is 1. The van der Waals surface area contributed by atoms with Crippen molar-refractivity contribution in [2.45, 2.75) is 25.2 Å². The standard InChI is InChI=1S/C20H18FN3O/c21-16-10-6-14(7-11-16)12-20(25)22-19-13-18(15-8-9-15)23-24(19)17-4-2-1-3-5-17/h1-7,10-11,13,15H,8-9,12H2,(H,22,25). The number of para-hydroxylation sites is 1. The fourth-order valence-electron chi connectivity index (χ4n) is 2.81. The molecule has 0 bridgehead atoms. The largest absolute Gasteiger partial charge is 0.310 e. The van der Waals surface area contributed by atoms with Crippen LogP contribution in [0.3, 0.4) is 0 Å². The van der Waals surface area contributed by atoms with E-state index in [0.29, 0.717) is 11.7 Å². The normalized spacial score (nSPS) is 13.6. The van der Waals surface area contributed by atoms with E-state index >= 15 is 0 Å². The van der Waals surface area contributed by atoms with Crippen molar-refractivity contribution in [2.75, 3.05) is 5.32 Å². The van der Waals surface area contributed by atoms with Crippen LogP contribution in [-0.4, -0.2) is 15.7 Å². The molecule has 0 unspecified atom stereocenters. The molecule has 0 atom stereocenters. The summed E-state index contributed by atoms with van der Waals surface area (Å²) in [6.07, 6.45) is 2.49. The van der Waals surface area contributed by atoms with Gasteiger partial charge in [0.25, 0.3) is 0 Å².